The highest BCUT2D eigenvalue weighted by Gasteiger charge is 2.21. The number of nitrogens with zero attached hydrogens (tertiary/aromatic N) is 2. The molecule has 92 valence electrons. The van der Waals surface area contributed by atoms with Crippen LogP contribution in [0.2, 0.25) is 0 Å². The van der Waals surface area contributed by atoms with Crippen LogP contribution in [0.3, 0.4) is 0 Å². The third-order valence-corrected chi connectivity index (χ3v) is 2.83. The highest BCUT2D eigenvalue weighted by molar-refractivity contribution is 5.07. The Kier molecular flexibility index (Phi) is 4.96. The van der Waals surface area contributed by atoms with E-state index in [-0.39, 0.29) is 12.1 Å². The molecule has 4 nitrogen and oxygen atoms in total. The Balaban J connectivity index is 2.58. The second kappa shape index (κ2) is 6.01. The second-order valence-electron chi connectivity index (χ2n) is 4.52. The van der Waals surface area contributed by atoms with Crippen LogP contribution in [0.1, 0.15) is 26.3 Å². The van der Waals surface area contributed by atoms with Crippen molar-refractivity contribution in [3.05, 3.63) is 18.0 Å². The molecule has 1 aromatic rings. The summed E-state index contributed by atoms with van der Waals surface area (Å²) >= 11 is 0. The van der Waals surface area contributed by atoms with Gasteiger partial charge in [-0.05, 0) is 24.8 Å². The summed E-state index contributed by atoms with van der Waals surface area (Å²) in [6.45, 7) is 7.23. The summed E-state index contributed by atoms with van der Waals surface area (Å²) in [6.07, 6.45) is 4.85. The van der Waals surface area contributed by atoms with Gasteiger partial charge in [-0.25, -0.2) is 0 Å². The van der Waals surface area contributed by atoms with Crippen molar-refractivity contribution in [2.24, 2.45) is 11.7 Å². The lowest BCUT2D eigenvalue weighted by Crippen LogP contribution is -2.41. The first-order valence-corrected chi connectivity index (χ1v) is 5.88. The van der Waals surface area contributed by atoms with Gasteiger partial charge in [0.15, 0.2) is 0 Å². The molecule has 16 heavy (non-hydrogen) atoms. The Labute approximate surface area is 97.8 Å². The zero-order valence-corrected chi connectivity index (χ0v) is 10.7. The van der Waals surface area contributed by atoms with Crippen LogP contribution in [0.15, 0.2) is 12.4 Å². The Morgan fingerprint density at radius 1 is 1.50 bits per heavy atom. The number of nitrogens with two attached hydrogens (primary N) is 1. The van der Waals surface area contributed by atoms with E-state index in [0.29, 0.717) is 5.92 Å². The number of rotatable bonds is 6. The minimum atomic E-state index is 0.0273. The smallest absolute Gasteiger partial charge is 0.0748 e. The van der Waals surface area contributed by atoms with Gasteiger partial charge in [0.25, 0.3) is 0 Å². The molecule has 0 aromatic carbocycles. The summed E-state index contributed by atoms with van der Waals surface area (Å²) in [7, 11) is 1.72. The van der Waals surface area contributed by atoms with Gasteiger partial charge in [-0.1, -0.05) is 13.8 Å². The molecule has 0 aliphatic carbocycles. The second-order valence-corrected chi connectivity index (χ2v) is 4.52. The Morgan fingerprint density at radius 2 is 2.19 bits per heavy atom. The molecule has 4 heteroatoms. The minimum absolute atomic E-state index is 0.0273. The molecule has 0 saturated heterocycles. The van der Waals surface area contributed by atoms with Crippen LogP contribution in [0.4, 0.5) is 0 Å². The van der Waals surface area contributed by atoms with Gasteiger partial charge in [0, 0.05) is 25.9 Å². The standard InChI is InChI=1S/C12H23N3O/c1-5-15-8-10(7-14-15)6-11(13)12(16-4)9(2)3/h7-9,11-12H,5-6,13H2,1-4H3. The zero-order chi connectivity index (χ0) is 12.1. The first kappa shape index (κ1) is 13.2. The van der Waals surface area contributed by atoms with Crippen molar-refractivity contribution in [2.45, 2.75) is 45.9 Å². The van der Waals surface area contributed by atoms with Gasteiger partial charge in [0.2, 0.25) is 0 Å². The summed E-state index contributed by atoms with van der Waals surface area (Å²) in [6, 6.07) is 0.0273. The molecule has 2 N–H and O–H groups in total. The van der Waals surface area contributed by atoms with E-state index in [9.17, 15) is 0 Å². The Bertz CT molecular complexity index is 309. The van der Waals surface area contributed by atoms with E-state index in [1.165, 1.54) is 5.56 Å². The van der Waals surface area contributed by atoms with Crippen LogP contribution in [-0.4, -0.2) is 29.0 Å². The molecule has 0 spiro atoms. The SMILES string of the molecule is CCn1cc(CC(N)C(OC)C(C)C)cn1. The van der Waals surface area contributed by atoms with Crippen LogP contribution in [-0.2, 0) is 17.7 Å². The van der Waals surface area contributed by atoms with Gasteiger partial charge in [0.05, 0.1) is 12.3 Å². The summed E-state index contributed by atoms with van der Waals surface area (Å²) in [5.74, 6) is 0.432. The largest absolute Gasteiger partial charge is 0.380 e. The normalized spacial score (nSPS) is 15.4. The van der Waals surface area contributed by atoms with Crippen molar-refractivity contribution in [3.8, 4) is 0 Å². The maximum absolute atomic E-state index is 6.15. The van der Waals surface area contributed by atoms with Gasteiger partial charge in [-0.15, -0.1) is 0 Å². The summed E-state index contributed by atoms with van der Waals surface area (Å²) in [5.41, 5.74) is 7.33. The average molecular weight is 225 g/mol. The predicted octanol–water partition coefficient (Wildman–Crippen LogP) is 1.44. The molecule has 2 unspecified atom stereocenters. The van der Waals surface area contributed by atoms with E-state index in [1.54, 1.807) is 7.11 Å². The topological polar surface area (TPSA) is 53.1 Å². The van der Waals surface area contributed by atoms with Crippen molar-refractivity contribution < 1.29 is 4.74 Å². The molecular weight excluding hydrogens is 202 g/mol. The van der Waals surface area contributed by atoms with Crippen molar-refractivity contribution >= 4 is 0 Å². The average Bonchev–Trinajstić information content (AvgIpc) is 2.65. The van der Waals surface area contributed by atoms with Crippen LogP contribution < -0.4 is 5.73 Å². The fraction of sp³-hybridized carbons (Fsp3) is 0.750. The van der Waals surface area contributed by atoms with Crippen LogP contribution in [0.25, 0.3) is 0 Å². The molecule has 0 aliphatic heterocycles. The van der Waals surface area contributed by atoms with Crippen LogP contribution >= 0.6 is 0 Å². The van der Waals surface area contributed by atoms with Crippen molar-refractivity contribution in [2.75, 3.05) is 7.11 Å². The zero-order valence-electron chi connectivity index (χ0n) is 10.7. The molecule has 0 bridgehead atoms. The molecule has 0 aliphatic rings. The third-order valence-electron chi connectivity index (χ3n) is 2.83. The molecule has 0 radical (unpaired) electrons. The van der Waals surface area contributed by atoms with Gasteiger partial charge in [-0.3, -0.25) is 4.68 Å². The molecule has 0 saturated carbocycles. The molecule has 0 fully saturated rings. The highest BCUT2D eigenvalue weighted by Crippen LogP contribution is 2.13. The van der Waals surface area contributed by atoms with E-state index in [1.807, 2.05) is 17.1 Å². The lowest BCUT2D eigenvalue weighted by Gasteiger charge is -2.25. The summed E-state index contributed by atoms with van der Waals surface area (Å²) in [5, 5.41) is 4.24. The predicted molar refractivity (Wildman–Crippen MR) is 65.2 cm³/mol. The maximum atomic E-state index is 6.15. The molecule has 0 amide bonds. The maximum Gasteiger partial charge on any atom is 0.0748 e. The number of hydrogen-bond donors (Lipinski definition) is 1. The first-order chi connectivity index (χ1) is 7.58. The molecule has 1 rings (SSSR count). The van der Waals surface area contributed by atoms with Gasteiger partial charge >= 0.3 is 0 Å². The van der Waals surface area contributed by atoms with Gasteiger partial charge in [-0.2, -0.15) is 5.10 Å². The Morgan fingerprint density at radius 3 is 2.62 bits per heavy atom. The van der Waals surface area contributed by atoms with E-state index in [2.05, 4.69) is 25.9 Å². The number of aryl methyl sites for hydroxylation is 1. The van der Waals surface area contributed by atoms with Gasteiger partial charge in [0.1, 0.15) is 0 Å². The van der Waals surface area contributed by atoms with Crippen LogP contribution in [0.5, 0.6) is 0 Å². The first-order valence-electron chi connectivity index (χ1n) is 5.88. The lowest BCUT2D eigenvalue weighted by molar-refractivity contribution is 0.0441. The fourth-order valence-electron chi connectivity index (χ4n) is 2.01. The Hall–Kier alpha value is -0.870. The fourth-order valence-corrected chi connectivity index (χ4v) is 2.01. The summed E-state index contributed by atoms with van der Waals surface area (Å²) in [4.78, 5) is 0. The summed E-state index contributed by atoms with van der Waals surface area (Å²) < 4.78 is 7.34. The monoisotopic (exact) mass is 225 g/mol. The molecule has 1 heterocycles. The number of hydrogen-bond acceptors (Lipinski definition) is 3. The van der Waals surface area contributed by atoms with E-state index < -0.39 is 0 Å². The minimum Gasteiger partial charge on any atom is -0.380 e. The molecular formula is C12H23N3O. The van der Waals surface area contributed by atoms with Crippen molar-refractivity contribution in [1.82, 2.24) is 9.78 Å². The van der Waals surface area contributed by atoms with E-state index in [0.717, 1.165) is 13.0 Å². The lowest BCUT2D eigenvalue weighted by atomic mass is 9.96. The van der Waals surface area contributed by atoms with Crippen LogP contribution in [0, 0.1) is 5.92 Å². The van der Waals surface area contributed by atoms with Crippen molar-refractivity contribution in [3.63, 3.8) is 0 Å². The third kappa shape index (κ3) is 3.32. The van der Waals surface area contributed by atoms with E-state index in [4.69, 9.17) is 10.5 Å². The molecule has 1 aromatic heterocycles. The number of methoxy groups -OCH3 is 1. The quantitative estimate of drug-likeness (QED) is 0.797. The van der Waals surface area contributed by atoms with Gasteiger partial charge < -0.3 is 10.5 Å². The number of ether oxygens (including phenoxy) is 1. The molecule has 2 atom stereocenters. The van der Waals surface area contributed by atoms with E-state index >= 15 is 0 Å². The van der Waals surface area contributed by atoms with Crippen molar-refractivity contribution in [1.29, 1.82) is 0 Å². The number of aromatic nitrogens is 2. The highest BCUT2D eigenvalue weighted by atomic mass is 16.5.